The van der Waals surface area contributed by atoms with Crippen LogP contribution in [0.4, 0.5) is 13.2 Å². The average molecular weight is 536 g/mol. The molecule has 1 amide bonds. The number of nitrogens with one attached hydrogen (secondary N) is 1. The lowest BCUT2D eigenvalue weighted by Gasteiger charge is -2.28. The van der Waals surface area contributed by atoms with E-state index in [1.54, 1.807) is 30.8 Å². The number of carbonyl (C=O) groups excluding carboxylic acids is 1. The Morgan fingerprint density at radius 3 is 2.57 bits per heavy atom. The summed E-state index contributed by atoms with van der Waals surface area (Å²) in [4.78, 5) is 13.8. The fourth-order valence-electron chi connectivity index (χ4n) is 6.39. The van der Waals surface area contributed by atoms with E-state index in [9.17, 15) is 18.0 Å². The minimum absolute atomic E-state index is 0.0426. The van der Waals surface area contributed by atoms with Crippen molar-refractivity contribution in [1.29, 1.82) is 0 Å². The molecule has 202 valence electrons. The zero-order valence-corrected chi connectivity index (χ0v) is 22.4. The number of amides is 1. The number of hydrogen-bond acceptors (Lipinski definition) is 5. The van der Waals surface area contributed by atoms with Gasteiger partial charge in [-0.15, -0.1) is 10.2 Å². The maximum Gasteiger partial charge on any atom is 0.416 e. The van der Waals surface area contributed by atoms with Crippen molar-refractivity contribution in [2.45, 2.75) is 81.1 Å². The molecular formula is C27H36F3N5OS. The van der Waals surface area contributed by atoms with Crippen LogP contribution >= 0.6 is 11.8 Å². The number of thioether (sulfide) groups is 1. The molecule has 2 aromatic rings. The third-order valence-electron chi connectivity index (χ3n) is 8.51. The molecule has 2 heterocycles. The Balaban J connectivity index is 1.04. The van der Waals surface area contributed by atoms with Gasteiger partial charge in [0.2, 0.25) is 5.91 Å². The van der Waals surface area contributed by atoms with Crippen LogP contribution in [0, 0.1) is 5.41 Å². The molecule has 1 saturated heterocycles. The summed E-state index contributed by atoms with van der Waals surface area (Å²) in [7, 11) is 2.05. The standard InChI is InChI=1S/C27H36F3N5OS/c1-18(36)31-22-10-6-20(7-11-22)24-32-33-25(34(24)2)37-15-3-13-35-14-12-26(17-35)16-23(26)19-4-8-21(9-5-19)27(28,29)30/h4-5,8-9,20,22-23H,3,6-7,10-17H2,1-2H3,(H,31,36)/t20-,22+,23-,26+/m0/s1. The first-order valence-electron chi connectivity index (χ1n) is 13.3. The monoisotopic (exact) mass is 535 g/mol. The molecular weight excluding hydrogens is 499 g/mol. The lowest BCUT2D eigenvalue weighted by molar-refractivity contribution is -0.137. The zero-order valence-electron chi connectivity index (χ0n) is 21.6. The summed E-state index contributed by atoms with van der Waals surface area (Å²) in [6, 6.07) is 6.07. The summed E-state index contributed by atoms with van der Waals surface area (Å²) in [5, 5.41) is 12.9. The van der Waals surface area contributed by atoms with E-state index in [-0.39, 0.29) is 17.4 Å². The zero-order chi connectivity index (χ0) is 26.2. The fourth-order valence-corrected chi connectivity index (χ4v) is 7.23. The summed E-state index contributed by atoms with van der Waals surface area (Å²) in [6.07, 6.45) is 3.00. The Labute approximate surface area is 220 Å². The molecule has 3 aliphatic rings. The highest BCUT2D eigenvalue weighted by Gasteiger charge is 2.57. The first-order chi connectivity index (χ1) is 17.6. The molecule has 1 N–H and O–H groups in total. The Morgan fingerprint density at radius 2 is 1.89 bits per heavy atom. The van der Waals surface area contributed by atoms with E-state index in [1.165, 1.54) is 12.1 Å². The quantitative estimate of drug-likeness (QED) is 0.364. The average Bonchev–Trinajstić information content (AvgIpc) is 3.20. The SMILES string of the molecule is CC(=O)N[C@H]1CC[C@@H](c2nnc(SCCCN3CC[C@@]4(C[C@H]4c4ccc(C(F)(F)F)cc4)C3)n2C)CC1. The van der Waals surface area contributed by atoms with Gasteiger partial charge in [-0.05, 0) is 87.1 Å². The van der Waals surface area contributed by atoms with Crippen LogP contribution in [0.25, 0.3) is 0 Å². The largest absolute Gasteiger partial charge is 0.416 e. The molecule has 37 heavy (non-hydrogen) atoms. The Bertz CT molecular complexity index is 1100. The van der Waals surface area contributed by atoms with Gasteiger partial charge in [0.25, 0.3) is 0 Å². The highest BCUT2D eigenvalue weighted by Crippen LogP contribution is 2.64. The third-order valence-corrected chi connectivity index (χ3v) is 9.62. The van der Waals surface area contributed by atoms with E-state index in [0.29, 0.717) is 11.8 Å². The number of carbonyl (C=O) groups is 1. The summed E-state index contributed by atoms with van der Waals surface area (Å²) < 4.78 is 40.7. The maximum atomic E-state index is 12.9. The molecule has 2 saturated carbocycles. The number of benzene rings is 1. The molecule has 5 rings (SSSR count). The van der Waals surface area contributed by atoms with Gasteiger partial charge in [0.1, 0.15) is 5.82 Å². The van der Waals surface area contributed by atoms with Crippen molar-refractivity contribution < 1.29 is 18.0 Å². The van der Waals surface area contributed by atoms with E-state index < -0.39 is 11.7 Å². The van der Waals surface area contributed by atoms with Gasteiger partial charge in [0, 0.05) is 38.2 Å². The highest BCUT2D eigenvalue weighted by atomic mass is 32.2. The Kier molecular flexibility index (Phi) is 7.60. The first kappa shape index (κ1) is 26.5. The predicted molar refractivity (Wildman–Crippen MR) is 137 cm³/mol. The van der Waals surface area contributed by atoms with Crippen molar-refractivity contribution in [2.75, 3.05) is 25.4 Å². The van der Waals surface area contributed by atoms with Crippen LogP contribution < -0.4 is 5.32 Å². The topological polar surface area (TPSA) is 63.1 Å². The van der Waals surface area contributed by atoms with Gasteiger partial charge < -0.3 is 14.8 Å². The molecule has 1 spiro atoms. The maximum absolute atomic E-state index is 12.9. The number of alkyl halides is 3. The second-order valence-corrected chi connectivity index (χ2v) is 12.2. The molecule has 6 nitrogen and oxygen atoms in total. The van der Waals surface area contributed by atoms with Crippen LogP contribution in [0.1, 0.15) is 80.7 Å². The van der Waals surface area contributed by atoms with Crippen molar-refractivity contribution >= 4 is 17.7 Å². The van der Waals surface area contributed by atoms with Gasteiger partial charge in [0.05, 0.1) is 5.56 Å². The van der Waals surface area contributed by atoms with Crippen LogP contribution in [0.5, 0.6) is 0 Å². The van der Waals surface area contributed by atoms with E-state index in [4.69, 9.17) is 0 Å². The van der Waals surface area contributed by atoms with Gasteiger partial charge in [-0.3, -0.25) is 4.79 Å². The molecule has 1 aromatic heterocycles. The first-order valence-corrected chi connectivity index (χ1v) is 14.3. The van der Waals surface area contributed by atoms with Crippen LogP contribution in [0.15, 0.2) is 29.4 Å². The van der Waals surface area contributed by atoms with E-state index >= 15 is 0 Å². The van der Waals surface area contributed by atoms with Gasteiger partial charge in [-0.1, -0.05) is 23.9 Å². The number of rotatable bonds is 8. The molecule has 1 aromatic carbocycles. The summed E-state index contributed by atoms with van der Waals surface area (Å²) in [5.74, 6) is 2.86. The summed E-state index contributed by atoms with van der Waals surface area (Å²) >= 11 is 1.75. The number of nitrogens with zero attached hydrogens (tertiary/aromatic N) is 4. The predicted octanol–water partition coefficient (Wildman–Crippen LogP) is 5.36. The van der Waals surface area contributed by atoms with Crippen molar-refractivity contribution in [2.24, 2.45) is 12.5 Å². The fraction of sp³-hybridized carbons (Fsp3) is 0.667. The lowest BCUT2D eigenvalue weighted by atomic mass is 9.85. The van der Waals surface area contributed by atoms with Crippen molar-refractivity contribution in [3.8, 4) is 0 Å². The van der Waals surface area contributed by atoms with Gasteiger partial charge >= 0.3 is 6.18 Å². The minimum Gasteiger partial charge on any atom is -0.354 e. The van der Waals surface area contributed by atoms with E-state index in [1.807, 2.05) is 0 Å². The lowest BCUT2D eigenvalue weighted by Crippen LogP contribution is -2.36. The number of halogens is 3. The number of hydrogen-bond donors (Lipinski definition) is 1. The molecule has 2 atom stereocenters. The Morgan fingerprint density at radius 1 is 1.16 bits per heavy atom. The molecule has 0 unspecified atom stereocenters. The third kappa shape index (κ3) is 6.00. The van der Waals surface area contributed by atoms with Crippen molar-refractivity contribution in [3.05, 3.63) is 41.2 Å². The van der Waals surface area contributed by atoms with Crippen molar-refractivity contribution in [3.63, 3.8) is 0 Å². The smallest absolute Gasteiger partial charge is 0.354 e. The van der Waals surface area contributed by atoms with Crippen molar-refractivity contribution in [1.82, 2.24) is 25.0 Å². The number of likely N-dealkylation sites (tertiary alicyclic amines) is 1. The van der Waals surface area contributed by atoms with Gasteiger partial charge in [-0.2, -0.15) is 13.2 Å². The van der Waals surface area contributed by atoms with Crippen LogP contribution in [0.2, 0.25) is 0 Å². The molecule has 0 radical (unpaired) electrons. The van der Waals surface area contributed by atoms with E-state index in [2.05, 4.69) is 32.0 Å². The molecule has 2 aliphatic carbocycles. The van der Waals surface area contributed by atoms with Crippen LogP contribution in [-0.4, -0.2) is 57.0 Å². The normalized spacial score (nSPS) is 28.1. The molecule has 0 bridgehead atoms. The number of aromatic nitrogens is 3. The Hall–Kier alpha value is -2.07. The molecule has 3 fully saturated rings. The minimum atomic E-state index is -4.28. The summed E-state index contributed by atoms with van der Waals surface area (Å²) in [6.45, 7) is 4.72. The second-order valence-electron chi connectivity index (χ2n) is 11.1. The van der Waals surface area contributed by atoms with Crippen LogP contribution in [-0.2, 0) is 18.0 Å². The molecule has 1 aliphatic heterocycles. The van der Waals surface area contributed by atoms with Gasteiger partial charge in [0.15, 0.2) is 5.16 Å². The summed E-state index contributed by atoms with van der Waals surface area (Å²) in [5.41, 5.74) is 0.734. The highest BCUT2D eigenvalue weighted by molar-refractivity contribution is 7.99. The second kappa shape index (κ2) is 10.6. The van der Waals surface area contributed by atoms with Gasteiger partial charge in [-0.25, -0.2) is 0 Å². The molecule has 10 heteroatoms. The van der Waals surface area contributed by atoms with Crippen LogP contribution in [0.3, 0.4) is 0 Å². The van der Waals surface area contributed by atoms with E-state index in [0.717, 1.165) is 86.9 Å².